The average Bonchev–Trinajstić information content (AvgIpc) is 2.71. The minimum absolute atomic E-state index is 0.00500. The Morgan fingerprint density at radius 2 is 2.28 bits per heavy atom. The van der Waals surface area contributed by atoms with Crippen LogP contribution in [0.2, 0.25) is 0 Å². The van der Waals surface area contributed by atoms with Gasteiger partial charge in [0.2, 0.25) is 5.91 Å². The number of nitrogens with one attached hydrogen (secondary N) is 2. The largest absolute Gasteiger partial charge is 0.384 e. The number of amides is 1. The van der Waals surface area contributed by atoms with Crippen LogP contribution < -0.4 is 10.6 Å². The Kier molecular flexibility index (Phi) is 4.01. The summed E-state index contributed by atoms with van der Waals surface area (Å²) in [6.45, 7) is 2.51. The van der Waals surface area contributed by atoms with Crippen molar-refractivity contribution in [2.75, 3.05) is 23.9 Å². The molecule has 1 heterocycles. The van der Waals surface area contributed by atoms with Crippen molar-refractivity contribution < 1.29 is 9.00 Å². The first kappa shape index (κ1) is 13.1. The van der Waals surface area contributed by atoms with Gasteiger partial charge in [-0.05, 0) is 18.6 Å². The van der Waals surface area contributed by atoms with Gasteiger partial charge in [0.25, 0.3) is 0 Å². The van der Waals surface area contributed by atoms with E-state index in [0.29, 0.717) is 12.3 Å². The lowest BCUT2D eigenvalue weighted by Gasteiger charge is -2.16. The van der Waals surface area contributed by atoms with E-state index in [1.807, 2.05) is 31.2 Å². The molecule has 0 aliphatic carbocycles. The Morgan fingerprint density at radius 1 is 1.56 bits per heavy atom. The predicted molar refractivity (Wildman–Crippen MR) is 74.2 cm³/mol. The standard InChI is InChI=1S/C13H18N2O2S/c1-9(8-18(2)17)15-13(16)11-7-14-12-6-4-3-5-10(11)12/h3-6,9,11,14H,7-8H2,1-2H3,(H,15,16). The number of carbonyl (C=O) groups is 1. The summed E-state index contributed by atoms with van der Waals surface area (Å²) in [6.07, 6.45) is 1.65. The van der Waals surface area contributed by atoms with Gasteiger partial charge in [-0.15, -0.1) is 0 Å². The van der Waals surface area contributed by atoms with E-state index >= 15 is 0 Å². The van der Waals surface area contributed by atoms with E-state index < -0.39 is 10.8 Å². The normalized spacial score (nSPS) is 20.7. The number of rotatable bonds is 4. The number of carbonyl (C=O) groups excluding carboxylic acids is 1. The average molecular weight is 266 g/mol. The quantitative estimate of drug-likeness (QED) is 0.857. The SMILES string of the molecule is CC(CS(C)=O)NC(=O)C1CNc2ccccc21. The third kappa shape index (κ3) is 2.90. The molecule has 0 aromatic heterocycles. The van der Waals surface area contributed by atoms with E-state index in [1.165, 1.54) is 0 Å². The van der Waals surface area contributed by atoms with Crippen molar-refractivity contribution in [2.45, 2.75) is 18.9 Å². The minimum Gasteiger partial charge on any atom is -0.384 e. The number of anilines is 1. The fourth-order valence-electron chi connectivity index (χ4n) is 2.25. The fourth-order valence-corrected chi connectivity index (χ4v) is 3.04. The van der Waals surface area contributed by atoms with Crippen molar-refractivity contribution in [3.05, 3.63) is 29.8 Å². The van der Waals surface area contributed by atoms with E-state index in [0.717, 1.165) is 11.3 Å². The molecule has 1 aliphatic rings. The van der Waals surface area contributed by atoms with Crippen LogP contribution in [0.15, 0.2) is 24.3 Å². The van der Waals surface area contributed by atoms with Crippen molar-refractivity contribution in [1.29, 1.82) is 0 Å². The highest BCUT2D eigenvalue weighted by molar-refractivity contribution is 7.84. The van der Waals surface area contributed by atoms with Crippen LogP contribution in [0.4, 0.5) is 5.69 Å². The van der Waals surface area contributed by atoms with Crippen LogP contribution in [-0.2, 0) is 15.6 Å². The first-order valence-corrected chi connectivity index (χ1v) is 7.74. The van der Waals surface area contributed by atoms with E-state index in [-0.39, 0.29) is 17.9 Å². The minimum atomic E-state index is -0.889. The predicted octanol–water partition coefficient (Wildman–Crippen LogP) is 1.08. The van der Waals surface area contributed by atoms with Gasteiger partial charge in [0.15, 0.2) is 0 Å². The Hall–Kier alpha value is -1.36. The second kappa shape index (κ2) is 5.52. The Balaban J connectivity index is 2.01. The van der Waals surface area contributed by atoms with Crippen molar-refractivity contribution in [3.8, 4) is 0 Å². The summed E-state index contributed by atoms with van der Waals surface area (Å²) in [5.41, 5.74) is 2.07. The molecule has 0 saturated heterocycles. The zero-order chi connectivity index (χ0) is 13.1. The second-order valence-corrected chi connectivity index (χ2v) is 6.15. The molecular formula is C13H18N2O2S. The Labute approximate surface area is 110 Å². The maximum atomic E-state index is 12.1. The third-order valence-corrected chi connectivity index (χ3v) is 3.99. The Bertz CT molecular complexity index is 476. The highest BCUT2D eigenvalue weighted by Gasteiger charge is 2.28. The highest BCUT2D eigenvalue weighted by Crippen LogP contribution is 2.30. The molecule has 2 rings (SSSR count). The number of fused-ring (bicyclic) bond motifs is 1. The van der Waals surface area contributed by atoms with Gasteiger partial charge in [-0.1, -0.05) is 18.2 Å². The summed E-state index contributed by atoms with van der Waals surface area (Å²) in [5, 5.41) is 6.15. The topological polar surface area (TPSA) is 58.2 Å². The number of hydrogen-bond acceptors (Lipinski definition) is 3. The van der Waals surface area contributed by atoms with E-state index in [1.54, 1.807) is 6.26 Å². The molecule has 3 unspecified atom stereocenters. The lowest BCUT2D eigenvalue weighted by molar-refractivity contribution is -0.122. The molecule has 3 atom stereocenters. The second-order valence-electron chi connectivity index (χ2n) is 4.67. The van der Waals surface area contributed by atoms with Crippen molar-refractivity contribution in [2.24, 2.45) is 0 Å². The van der Waals surface area contributed by atoms with Crippen LogP contribution in [0.3, 0.4) is 0 Å². The number of benzene rings is 1. The molecule has 4 nitrogen and oxygen atoms in total. The van der Waals surface area contributed by atoms with Crippen LogP contribution in [0.5, 0.6) is 0 Å². The van der Waals surface area contributed by atoms with Gasteiger partial charge < -0.3 is 10.6 Å². The van der Waals surface area contributed by atoms with Gasteiger partial charge in [0.1, 0.15) is 0 Å². The van der Waals surface area contributed by atoms with E-state index in [9.17, 15) is 9.00 Å². The van der Waals surface area contributed by atoms with Gasteiger partial charge in [0.05, 0.1) is 5.92 Å². The van der Waals surface area contributed by atoms with Crippen LogP contribution in [0, 0.1) is 0 Å². The summed E-state index contributed by atoms with van der Waals surface area (Å²) in [6, 6.07) is 7.79. The summed E-state index contributed by atoms with van der Waals surface area (Å²) in [7, 11) is -0.889. The summed E-state index contributed by atoms with van der Waals surface area (Å²) >= 11 is 0. The molecule has 5 heteroatoms. The Morgan fingerprint density at radius 3 is 3.00 bits per heavy atom. The summed E-state index contributed by atoms with van der Waals surface area (Å²) in [4.78, 5) is 12.1. The molecule has 0 radical (unpaired) electrons. The molecule has 1 amide bonds. The van der Waals surface area contributed by atoms with Gasteiger partial charge in [-0.2, -0.15) is 0 Å². The van der Waals surface area contributed by atoms with Crippen molar-refractivity contribution in [3.63, 3.8) is 0 Å². The summed E-state index contributed by atoms with van der Waals surface area (Å²) in [5.74, 6) is 0.354. The lowest BCUT2D eigenvalue weighted by Crippen LogP contribution is -2.39. The first-order chi connectivity index (χ1) is 8.58. The zero-order valence-electron chi connectivity index (χ0n) is 10.6. The molecule has 18 heavy (non-hydrogen) atoms. The molecule has 0 bridgehead atoms. The van der Waals surface area contributed by atoms with Crippen LogP contribution in [0.25, 0.3) is 0 Å². The molecule has 0 spiro atoms. The van der Waals surface area contributed by atoms with Gasteiger partial charge >= 0.3 is 0 Å². The maximum Gasteiger partial charge on any atom is 0.229 e. The van der Waals surface area contributed by atoms with Crippen LogP contribution in [0.1, 0.15) is 18.4 Å². The molecule has 98 valence electrons. The number of hydrogen-bond donors (Lipinski definition) is 2. The molecule has 1 aromatic rings. The third-order valence-electron chi connectivity index (χ3n) is 3.02. The molecule has 2 N–H and O–H groups in total. The number of para-hydroxylation sites is 1. The first-order valence-electron chi connectivity index (χ1n) is 6.01. The molecule has 1 aliphatic heterocycles. The highest BCUT2D eigenvalue weighted by atomic mass is 32.2. The van der Waals surface area contributed by atoms with Gasteiger partial charge in [0, 0.05) is 41.1 Å². The molecule has 0 saturated carbocycles. The zero-order valence-corrected chi connectivity index (χ0v) is 11.4. The van der Waals surface area contributed by atoms with Gasteiger partial charge in [-0.25, -0.2) is 0 Å². The van der Waals surface area contributed by atoms with Crippen molar-refractivity contribution >= 4 is 22.4 Å². The fraction of sp³-hybridized carbons (Fsp3) is 0.462. The molecule has 1 aromatic carbocycles. The van der Waals surface area contributed by atoms with Crippen LogP contribution >= 0.6 is 0 Å². The van der Waals surface area contributed by atoms with E-state index in [2.05, 4.69) is 10.6 Å². The smallest absolute Gasteiger partial charge is 0.229 e. The van der Waals surface area contributed by atoms with E-state index in [4.69, 9.17) is 0 Å². The lowest BCUT2D eigenvalue weighted by atomic mass is 10.0. The summed E-state index contributed by atoms with van der Waals surface area (Å²) < 4.78 is 11.1. The maximum absolute atomic E-state index is 12.1. The van der Waals surface area contributed by atoms with Gasteiger partial charge in [-0.3, -0.25) is 9.00 Å². The van der Waals surface area contributed by atoms with Crippen molar-refractivity contribution in [1.82, 2.24) is 5.32 Å². The molecular weight excluding hydrogens is 248 g/mol. The monoisotopic (exact) mass is 266 g/mol. The van der Waals surface area contributed by atoms with Crippen LogP contribution in [-0.4, -0.2) is 34.7 Å². The molecule has 0 fully saturated rings.